The lowest BCUT2D eigenvalue weighted by Gasteiger charge is -2.12. The number of aromatic nitrogens is 6. The summed E-state index contributed by atoms with van der Waals surface area (Å²) in [6, 6.07) is 20.2. The standard InChI is InChI=1S/C19H20FN5.C18H18FN5/c20-16-5-3-14(4-6-16)17-13-24-19(23-10-2-1-9-21)25-18(17)15-7-11-22-12-8-15;19-15-4-2-13(3-5-15)16-12-23-18(22-9-1-8-20)24-17(16)14-6-10-21-11-7-14/h3-8,11-13H,1-2,9-10,21H2,(H,23,24,25);2-7,10-12H,1,8-9,20H2,(H,22,23,24). The molecule has 49 heavy (non-hydrogen) atoms. The number of nitrogens with one attached hydrogen (secondary N) is 2. The summed E-state index contributed by atoms with van der Waals surface area (Å²) in [5.74, 6) is 0.564. The Morgan fingerprint density at radius 2 is 0.898 bits per heavy atom. The number of pyridine rings is 2. The molecule has 0 aliphatic heterocycles. The average Bonchev–Trinajstić information content (AvgIpc) is 3.15. The highest BCUT2D eigenvalue weighted by molar-refractivity contribution is 5.81. The van der Waals surface area contributed by atoms with Crippen LogP contribution in [0.15, 0.2) is 110 Å². The van der Waals surface area contributed by atoms with Crippen molar-refractivity contribution in [3.63, 3.8) is 0 Å². The van der Waals surface area contributed by atoms with Crippen molar-refractivity contribution in [2.45, 2.75) is 19.3 Å². The summed E-state index contributed by atoms with van der Waals surface area (Å²) in [6.07, 6.45) is 13.2. The molecule has 10 nitrogen and oxygen atoms in total. The topological polar surface area (TPSA) is 153 Å². The van der Waals surface area contributed by atoms with Gasteiger partial charge in [-0.2, -0.15) is 0 Å². The van der Waals surface area contributed by atoms with Crippen LogP contribution in [0.5, 0.6) is 0 Å². The van der Waals surface area contributed by atoms with E-state index >= 15 is 0 Å². The molecule has 4 heterocycles. The van der Waals surface area contributed by atoms with Gasteiger partial charge in [0.2, 0.25) is 11.9 Å². The molecular formula is C37H38F2N10. The predicted octanol–water partition coefficient (Wildman–Crippen LogP) is 6.60. The lowest BCUT2D eigenvalue weighted by molar-refractivity contribution is 0.627. The van der Waals surface area contributed by atoms with Crippen molar-refractivity contribution in [1.29, 1.82) is 0 Å². The summed E-state index contributed by atoms with van der Waals surface area (Å²) in [4.78, 5) is 26.2. The number of hydrogen-bond donors (Lipinski definition) is 4. The van der Waals surface area contributed by atoms with E-state index < -0.39 is 0 Å². The molecule has 0 radical (unpaired) electrons. The molecule has 250 valence electrons. The van der Waals surface area contributed by atoms with Crippen LogP contribution in [-0.2, 0) is 0 Å². The Kier molecular flexibility index (Phi) is 12.7. The summed E-state index contributed by atoms with van der Waals surface area (Å²) in [5.41, 5.74) is 17.8. The van der Waals surface area contributed by atoms with Gasteiger partial charge >= 0.3 is 0 Å². The van der Waals surface area contributed by atoms with E-state index in [-0.39, 0.29) is 11.6 Å². The number of anilines is 2. The van der Waals surface area contributed by atoms with E-state index in [2.05, 4.69) is 40.5 Å². The van der Waals surface area contributed by atoms with E-state index in [0.29, 0.717) is 31.5 Å². The van der Waals surface area contributed by atoms with Crippen molar-refractivity contribution in [3.05, 3.63) is 122 Å². The maximum atomic E-state index is 13.2. The lowest BCUT2D eigenvalue weighted by atomic mass is 10.0. The van der Waals surface area contributed by atoms with Gasteiger partial charge in [-0.1, -0.05) is 24.3 Å². The third-order valence-corrected chi connectivity index (χ3v) is 7.37. The third kappa shape index (κ3) is 9.89. The molecule has 0 bridgehead atoms. The normalized spacial score (nSPS) is 10.6. The molecule has 0 saturated carbocycles. The molecule has 6 rings (SSSR count). The van der Waals surface area contributed by atoms with Crippen LogP contribution in [0.4, 0.5) is 20.7 Å². The van der Waals surface area contributed by atoms with Crippen LogP contribution >= 0.6 is 0 Å². The molecule has 0 fully saturated rings. The van der Waals surface area contributed by atoms with Crippen molar-refractivity contribution >= 4 is 11.9 Å². The molecule has 6 N–H and O–H groups in total. The van der Waals surface area contributed by atoms with Gasteiger partial charge in [0.15, 0.2) is 0 Å². The first-order valence-electron chi connectivity index (χ1n) is 16.0. The fraction of sp³-hybridized carbons (Fsp3) is 0.189. The zero-order valence-electron chi connectivity index (χ0n) is 26.9. The minimum absolute atomic E-state index is 0.270. The van der Waals surface area contributed by atoms with Crippen molar-refractivity contribution in [1.82, 2.24) is 29.9 Å². The summed E-state index contributed by atoms with van der Waals surface area (Å²) in [5, 5.41) is 6.39. The number of nitrogens with zero attached hydrogens (tertiary/aromatic N) is 6. The number of hydrogen-bond acceptors (Lipinski definition) is 10. The van der Waals surface area contributed by atoms with Crippen molar-refractivity contribution in [2.24, 2.45) is 11.5 Å². The SMILES string of the molecule is NCCCCNc1ncc(-c2ccc(F)cc2)c(-c2ccncc2)n1.NCCCNc1ncc(-c2ccc(F)cc2)c(-c2ccncc2)n1. The van der Waals surface area contributed by atoms with Crippen LogP contribution in [0.1, 0.15) is 19.3 Å². The van der Waals surface area contributed by atoms with Gasteiger partial charge in [-0.25, -0.2) is 28.7 Å². The first-order chi connectivity index (χ1) is 24.1. The molecule has 6 aromatic rings. The van der Waals surface area contributed by atoms with Gasteiger partial charge in [-0.3, -0.25) is 9.97 Å². The van der Waals surface area contributed by atoms with Crippen LogP contribution < -0.4 is 22.1 Å². The van der Waals surface area contributed by atoms with Crippen LogP contribution in [0, 0.1) is 11.6 Å². The molecular weight excluding hydrogens is 622 g/mol. The summed E-state index contributed by atoms with van der Waals surface area (Å²) in [7, 11) is 0. The molecule has 0 spiro atoms. The molecule has 0 atom stereocenters. The predicted molar refractivity (Wildman–Crippen MR) is 190 cm³/mol. The Morgan fingerprint density at radius 1 is 0.490 bits per heavy atom. The second-order valence-electron chi connectivity index (χ2n) is 10.9. The van der Waals surface area contributed by atoms with Gasteiger partial charge in [-0.05, 0) is 92.0 Å². The second kappa shape index (κ2) is 18.0. The van der Waals surface area contributed by atoms with Crippen LogP contribution in [-0.4, -0.2) is 56.1 Å². The van der Waals surface area contributed by atoms with E-state index in [0.717, 1.165) is 70.6 Å². The number of rotatable bonds is 13. The maximum absolute atomic E-state index is 13.2. The molecule has 12 heteroatoms. The number of benzene rings is 2. The zero-order valence-corrected chi connectivity index (χ0v) is 26.9. The fourth-order valence-corrected chi connectivity index (χ4v) is 4.85. The van der Waals surface area contributed by atoms with E-state index in [1.165, 1.54) is 24.3 Å². The van der Waals surface area contributed by atoms with Crippen molar-refractivity contribution < 1.29 is 8.78 Å². The summed E-state index contributed by atoms with van der Waals surface area (Å²) in [6.45, 7) is 2.76. The van der Waals surface area contributed by atoms with Gasteiger partial charge in [0, 0.05) is 72.5 Å². The minimum atomic E-state index is -0.273. The number of nitrogens with two attached hydrogens (primary N) is 2. The van der Waals surface area contributed by atoms with Gasteiger partial charge in [0.25, 0.3) is 0 Å². The Morgan fingerprint density at radius 3 is 1.31 bits per heavy atom. The number of unbranched alkanes of at least 4 members (excludes halogenated alkanes) is 1. The fourth-order valence-electron chi connectivity index (χ4n) is 4.85. The first-order valence-corrected chi connectivity index (χ1v) is 16.0. The average molecular weight is 661 g/mol. The van der Waals surface area contributed by atoms with Crippen LogP contribution in [0.2, 0.25) is 0 Å². The van der Waals surface area contributed by atoms with Crippen LogP contribution in [0.25, 0.3) is 44.8 Å². The van der Waals surface area contributed by atoms with E-state index in [9.17, 15) is 8.78 Å². The second-order valence-corrected chi connectivity index (χ2v) is 10.9. The van der Waals surface area contributed by atoms with Gasteiger partial charge in [0.05, 0.1) is 11.4 Å². The van der Waals surface area contributed by atoms with Gasteiger partial charge in [-0.15, -0.1) is 0 Å². The lowest BCUT2D eigenvalue weighted by Crippen LogP contribution is -2.10. The molecule has 0 saturated heterocycles. The monoisotopic (exact) mass is 660 g/mol. The molecule has 0 aliphatic rings. The minimum Gasteiger partial charge on any atom is -0.354 e. The Balaban J connectivity index is 0.000000191. The summed E-state index contributed by atoms with van der Waals surface area (Å²) >= 11 is 0. The highest BCUT2D eigenvalue weighted by atomic mass is 19.1. The first kappa shape index (κ1) is 34.6. The molecule has 0 aliphatic carbocycles. The highest BCUT2D eigenvalue weighted by Crippen LogP contribution is 2.32. The quantitative estimate of drug-likeness (QED) is 0.0997. The highest BCUT2D eigenvalue weighted by Gasteiger charge is 2.13. The Hall–Kier alpha value is -5.72. The van der Waals surface area contributed by atoms with E-state index in [1.54, 1.807) is 61.4 Å². The Labute approximate surface area is 284 Å². The van der Waals surface area contributed by atoms with Crippen molar-refractivity contribution in [3.8, 4) is 44.8 Å². The summed E-state index contributed by atoms with van der Waals surface area (Å²) < 4.78 is 26.4. The van der Waals surface area contributed by atoms with Gasteiger partial charge < -0.3 is 22.1 Å². The zero-order chi connectivity index (χ0) is 34.3. The smallest absolute Gasteiger partial charge is 0.223 e. The largest absolute Gasteiger partial charge is 0.354 e. The maximum Gasteiger partial charge on any atom is 0.223 e. The van der Waals surface area contributed by atoms with Crippen molar-refractivity contribution in [2.75, 3.05) is 36.8 Å². The van der Waals surface area contributed by atoms with E-state index in [4.69, 9.17) is 11.5 Å². The van der Waals surface area contributed by atoms with Crippen LogP contribution in [0.3, 0.4) is 0 Å². The molecule has 0 amide bonds. The van der Waals surface area contributed by atoms with Gasteiger partial charge in [0.1, 0.15) is 11.6 Å². The van der Waals surface area contributed by atoms with E-state index in [1.807, 2.05) is 24.3 Å². The number of halogens is 2. The third-order valence-electron chi connectivity index (χ3n) is 7.37. The molecule has 0 unspecified atom stereocenters. The molecule has 4 aromatic heterocycles. The Bertz CT molecular complexity index is 1880. The molecule has 2 aromatic carbocycles.